The molecule has 0 fully saturated rings. The molecule has 3 rings (SSSR count). The summed E-state index contributed by atoms with van der Waals surface area (Å²) in [6.45, 7) is 2.37. The molecule has 2 N–H and O–H groups in total. The van der Waals surface area contributed by atoms with Gasteiger partial charge in [0.2, 0.25) is 5.95 Å². The minimum Gasteiger partial charge on any atom is -0.361 e. The third-order valence-electron chi connectivity index (χ3n) is 2.76. The quantitative estimate of drug-likeness (QED) is 0.810. The molecule has 0 saturated heterocycles. The summed E-state index contributed by atoms with van der Waals surface area (Å²) in [5, 5.41) is 10.5. The second-order valence-corrected chi connectivity index (χ2v) is 3.88. The molecule has 17 heavy (non-hydrogen) atoms. The Labute approximate surface area is 98.4 Å². The summed E-state index contributed by atoms with van der Waals surface area (Å²) >= 11 is 0. The predicted molar refractivity (Wildman–Crippen MR) is 61.3 cm³/mol. The van der Waals surface area contributed by atoms with Gasteiger partial charge in [0.25, 0.3) is 0 Å². The number of hydrogen-bond donors (Lipinski definition) is 2. The molecule has 1 aliphatic heterocycles. The van der Waals surface area contributed by atoms with Crippen LogP contribution in [0.1, 0.15) is 17.0 Å². The highest BCUT2D eigenvalue weighted by Gasteiger charge is 2.18. The molecule has 0 bridgehead atoms. The minimum atomic E-state index is 0.588. The summed E-state index contributed by atoms with van der Waals surface area (Å²) in [5.41, 5.74) is 2.10. The lowest BCUT2D eigenvalue weighted by Crippen LogP contribution is -2.23. The van der Waals surface area contributed by atoms with Gasteiger partial charge in [-0.2, -0.15) is 0 Å². The lowest BCUT2D eigenvalue weighted by Gasteiger charge is -2.11. The van der Waals surface area contributed by atoms with E-state index in [2.05, 4.69) is 25.8 Å². The van der Waals surface area contributed by atoms with Crippen LogP contribution in [0.2, 0.25) is 0 Å². The maximum Gasteiger partial charge on any atom is 0.222 e. The zero-order valence-corrected chi connectivity index (χ0v) is 9.31. The fourth-order valence-corrected chi connectivity index (χ4v) is 1.89. The van der Waals surface area contributed by atoms with Gasteiger partial charge >= 0.3 is 0 Å². The van der Waals surface area contributed by atoms with Crippen LogP contribution in [-0.4, -0.2) is 21.7 Å². The van der Waals surface area contributed by atoms with Gasteiger partial charge in [-0.15, -0.1) is 0 Å². The normalized spacial score (nSPS) is 14.4. The molecule has 0 unspecified atom stereocenters. The molecule has 0 aliphatic carbocycles. The van der Waals surface area contributed by atoms with Crippen LogP contribution < -0.4 is 10.6 Å². The van der Waals surface area contributed by atoms with Gasteiger partial charge in [0.1, 0.15) is 11.5 Å². The van der Waals surface area contributed by atoms with Crippen LogP contribution in [0.15, 0.2) is 23.0 Å². The lowest BCUT2D eigenvalue weighted by molar-refractivity contribution is 0.369. The molecule has 6 nitrogen and oxygen atoms in total. The lowest BCUT2D eigenvalue weighted by atomic mass is 10.1. The van der Waals surface area contributed by atoms with E-state index in [0.29, 0.717) is 12.5 Å². The Hall–Kier alpha value is -1.95. The Morgan fingerprint density at radius 2 is 2.24 bits per heavy atom. The predicted octanol–water partition coefficient (Wildman–Crippen LogP) is 0.722. The van der Waals surface area contributed by atoms with E-state index in [1.165, 1.54) is 5.56 Å². The third kappa shape index (κ3) is 2.12. The number of anilines is 1. The van der Waals surface area contributed by atoms with Crippen molar-refractivity contribution in [2.45, 2.75) is 19.5 Å². The monoisotopic (exact) mass is 231 g/mol. The van der Waals surface area contributed by atoms with Crippen LogP contribution in [-0.2, 0) is 19.5 Å². The van der Waals surface area contributed by atoms with Gasteiger partial charge in [0, 0.05) is 37.5 Å². The maximum atomic E-state index is 5.30. The van der Waals surface area contributed by atoms with Gasteiger partial charge in [0.05, 0.1) is 6.54 Å². The Balaban J connectivity index is 1.71. The highest BCUT2D eigenvalue weighted by atomic mass is 16.5. The topological polar surface area (TPSA) is 75.9 Å². The molecule has 0 radical (unpaired) electrons. The largest absolute Gasteiger partial charge is 0.361 e. The Morgan fingerprint density at radius 3 is 3.12 bits per heavy atom. The first kappa shape index (κ1) is 10.2. The van der Waals surface area contributed by atoms with Gasteiger partial charge < -0.3 is 15.2 Å². The van der Waals surface area contributed by atoms with Crippen LogP contribution in [0.5, 0.6) is 0 Å². The van der Waals surface area contributed by atoms with E-state index in [4.69, 9.17) is 4.52 Å². The van der Waals surface area contributed by atoms with E-state index < -0.39 is 0 Å². The zero-order valence-electron chi connectivity index (χ0n) is 9.31. The zero-order chi connectivity index (χ0) is 11.5. The van der Waals surface area contributed by atoms with Gasteiger partial charge in [-0.25, -0.2) is 9.97 Å². The van der Waals surface area contributed by atoms with Crippen molar-refractivity contribution in [1.29, 1.82) is 0 Å². The molecule has 6 heteroatoms. The van der Waals surface area contributed by atoms with Crippen LogP contribution in [0, 0.1) is 0 Å². The highest BCUT2D eigenvalue weighted by Crippen LogP contribution is 2.18. The van der Waals surface area contributed by atoms with Gasteiger partial charge in [-0.1, -0.05) is 5.16 Å². The first-order valence-corrected chi connectivity index (χ1v) is 5.61. The Kier molecular flexibility index (Phi) is 2.71. The smallest absolute Gasteiger partial charge is 0.222 e. The Bertz CT molecular complexity index is 496. The van der Waals surface area contributed by atoms with E-state index in [9.17, 15) is 0 Å². The van der Waals surface area contributed by atoms with Crippen molar-refractivity contribution in [1.82, 2.24) is 20.4 Å². The second kappa shape index (κ2) is 4.50. The standard InChI is InChI=1S/C11H13N5O/c1-3-13-11(14-4-1)15-7-9-8-6-12-5-2-10(8)17-16-9/h1,3-4,12H,2,5-7H2,(H,13,14,15). The van der Waals surface area contributed by atoms with Crippen molar-refractivity contribution < 1.29 is 4.52 Å². The molecular weight excluding hydrogens is 218 g/mol. The molecule has 88 valence electrons. The molecular formula is C11H13N5O. The van der Waals surface area contributed by atoms with Crippen molar-refractivity contribution in [3.05, 3.63) is 35.5 Å². The number of fused-ring (bicyclic) bond motifs is 1. The molecule has 0 amide bonds. The van der Waals surface area contributed by atoms with Crippen molar-refractivity contribution in [2.75, 3.05) is 11.9 Å². The van der Waals surface area contributed by atoms with Crippen LogP contribution in [0.25, 0.3) is 0 Å². The molecule has 2 aromatic rings. The first-order valence-electron chi connectivity index (χ1n) is 5.61. The van der Waals surface area contributed by atoms with E-state index in [1.807, 2.05) is 0 Å². The molecule has 1 aliphatic rings. The summed E-state index contributed by atoms with van der Waals surface area (Å²) in [6.07, 6.45) is 4.31. The van der Waals surface area contributed by atoms with Gasteiger partial charge in [0.15, 0.2) is 0 Å². The minimum absolute atomic E-state index is 0.588. The van der Waals surface area contributed by atoms with Crippen molar-refractivity contribution in [3.63, 3.8) is 0 Å². The number of rotatable bonds is 3. The molecule has 3 heterocycles. The highest BCUT2D eigenvalue weighted by molar-refractivity contribution is 5.30. The van der Waals surface area contributed by atoms with Crippen LogP contribution >= 0.6 is 0 Å². The first-order chi connectivity index (χ1) is 8.43. The maximum absolute atomic E-state index is 5.30. The average molecular weight is 231 g/mol. The molecule has 0 saturated carbocycles. The summed E-state index contributed by atoms with van der Waals surface area (Å²) in [5.74, 6) is 1.60. The molecule has 0 atom stereocenters. The van der Waals surface area contributed by atoms with E-state index in [1.54, 1.807) is 18.5 Å². The average Bonchev–Trinajstić information content (AvgIpc) is 2.81. The van der Waals surface area contributed by atoms with E-state index in [-0.39, 0.29) is 0 Å². The number of aromatic nitrogens is 3. The molecule has 0 spiro atoms. The summed E-state index contributed by atoms with van der Waals surface area (Å²) < 4.78 is 5.30. The summed E-state index contributed by atoms with van der Waals surface area (Å²) in [7, 11) is 0. The SMILES string of the molecule is c1cnc(NCc2noc3c2CNCC3)nc1. The number of nitrogens with zero attached hydrogens (tertiary/aromatic N) is 3. The van der Waals surface area contributed by atoms with E-state index in [0.717, 1.165) is 31.0 Å². The van der Waals surface area contributed by atoms with Crippen molar-refractivity contribution in [3.8, 4) is 0 Å². The van der Waals surface area contributed by atoms with Gasteiger partial charge in [-0.05, 0) is 6.07 Å². The van der Waals surface area contributed by atoms with Crippen molar-refractivity contribution >= 4 is 5.95 Å². The fraction of sp³-hybridized carbons (Fsp3) is 0.364. The third-order valence-corrected chi connectivity index (χ3v) is 2.76. The Morgan fingerprint density at radius 1 is 1.35 bits per heavy atom. The fourth-order valence-electron chi connectivity index (χ4n) is 1.89. The van der Waals surface area contributed by atoms with Gasteiger partial charge in [-0.3, -0.25) is 0 Å². The number of nitrogens with one attached hydrogen (secondary N) is 2. The van der Waals surface area contributed by atoms with Crippen LogP contribution in [0.4, 0.5) is 5.95 Å². The molecule has 2 aromatic heterocycles. The summed E-state index contributed by atoms with van der Waals surface area (Å²) in [4.78, 5) is 8.19. The summed E-state index contributed by atoms with van der Waals surface area (Å²) in [6, 6.07) is 1.78. The van der Waals surface area contributed by atoms with Crippen LogP contribution in [0.3, 0.4) is 0 Å². The number of hydrogen-bond acceptors (Lipinski definition) is 6. The van der Waals surface area contributed by atoms with Crippen molar-refractivity contribution in [2.24, 2.45) is 0 Å². The molecule has 0 aromatic carbocycles. The van der Waals surface area contributed by atoms with E-state index >= 15 is 0 Å². The second-order valence-electron chi connectivity index (χ2n) is 3.88.